The average Bonchev–Trinajstić information content (AvgIpc) is 2.87. The van der Waals surface area contributed by atoms with E-state index < -0.39 is 0 Å². The molecule has 1 N–H and O–H groups in total. The highest BCUT2D eigenvalue weighted by atomic mass is 32.2. The number of hydrogen-bond acceptors (Lipinski definition) is 2. The van der Waals surface area contributed by atoms with Crippen molar-refractivity contribution in [3.8, 4) is 0 Å². The van der Waals surface area contributed by atoms with Gasteiger partial charge >= 0.3 is 0 Å². The van der Waals surface area contributed by atoms with Crippen molar-refractivity contribution in [2.75, 3.05) is 0 Å². The van der Waals surface area contributed by atoms with Crippen LogP contribution in [0.25, 0.3) is 0 Å². The van der Waals surface area contributed by atoms with Gasteiger partial charge in [0.1, 0.15) is 0 Å². The fraction of sp³-hybridized carbons (Fsp3) is 0.600. The van der Waals surface area contributed by atoms with Gasteiger partial charge in [-0.15, -0.1) is 11.8 Å². The largest absolute Gasteiger partial charge is 0.393 e. The van der Waals surface area contributed by atoms with E-state index in [0.29, 0.717) is 5.92 Å². The van der Waals surface area contributed by atoms with Gasteiger partial charge in [0.2, 0.25) is 0 Å². The maximum Gasteiger partial charge on any atom is 0.0568 e. The first-order valence-corrected chi connectivity index (χ1v) is 7.54. The van der Waals surface area contributed by atoms with Crippen LogP contribution in [0.1, 0.15) is 31.7 Å². The van der Waals surface area contributed by atoms with Gasteiger partial charge in [0, 0.05) is 10.1 Å². The monoisotopic (exact) mass is 248 g/mol. The van der Waals surface area contributed by atoms with Gasteiger partial charge < -0.3 is 5.11 Å². The molecule has 92 valence electrons. The molecule has 0 radical (unpaired) electrons. The van der Waals surface area contributed by atoms with Crippen LogP contribution in [0.5, 0.6) is 0 Å². The van der Waals surface area contributed by atoms with Crippen LogP contribution in [0.4, 0.5) is 0 Å². The topological polar surface area (TPSA) is 20.2 Å². The summed E-state index contributed by atoms with van der Waals surface area (Å²) in [4.78, 5) is 1.48. The van der Waals surface area contributed by atoms with E-state index in [1.165, 1.54) is 29.7 Å². The zero-order valence-electron chi connectivity index (χ0n) is 10.3. The van der Waals surface area contributed by atoms with Crippen LogP contribution in [0.2, 0.25) is 0 Å². The lowest BCUT2D eigenvalue weighted by atomic mass is 9.91. The van der Waals surface area contributed by atoms with Crippen LogP contribution >= 0.6 is 11.8 Å². The van der Waals surface area contributed by atoms with Crippen molar-refractivity contribution in [3.63, 3.8) is 0 Å². The molecule has 4 atom stereocenters. The van der Waals surface area contributed by atoms with Crippen molar-refractivity contribution in [3.05, 3.63) is 29.8 Å². The first-order valence-electron chi connectivity index (χ1n) is 6.66. The number of hydrogen-bond donors (Lipinski definition) is 1. The summed E-state index contributed by atoms with van der Waals surface area (Å²) in [5, 5.41) is 10.5. The zero-order valence-corrected chi connectivity index (χ0v) is 11.1. The number of fused-ring (bicyclic) bond motifs is 1. The van der Waals surface area contributed by atoms with Crippen LogP contribution in [0.3, 0.4) is 0 Å². The van der Waals surface area contributed by atoms with Gasteiger partial charge in [-0.2, -0.15) is 0 Å². The summed E-state index contributed by atoms with van der Waals surface area (Å²) in [5.41, 5.74) is 1.52. The first-order chi connectivity index (χ1) is 8.24. The Bertz CT molecular complexity index is 379. The summed E-state index contributed by atoms with van der Waals surface area (Å²) in [6.45, 7) is 2.22. The van der Waals surface area contributed by atoms with Crippen molar-refractivity contribution in [2.45, 2.75) is 48.9 Å². The van der Waals surface area contributed by atoms with Crippen LogP contribution in [-0.2, 0) is 6.42 Å². The summed E-state index contributed by atoms with van der Waals surface area (Å²) in [7, 11) is 0. The van der Waals surface area contributed by atoms with Gasteiger partial charge in [0.05, 0.1) is 6.10 Å². The Morgan fingerprint density at radius 3 is 2.82 bits per heavy atom. The zero-order chi connectivity index (χ0) is 11.8. The molecule has 0 amide bonds. The third kappa shape index (κ3) is 2.25. The fourth-order valence-corrected chi connectivity index (χ4v) is 4.71. The van der Waals surface area contributed by atoms with Crippen molar-refractivity contribution in [2.24, 2.45) is 11.8 Å². The van der Waals surface area contributed by atoms with Gasteiger partial charge in [-0.05, 0) is 49.1 Å². The quantitative estimate of drug-likeness (QED) is 0.864. The number of thioether (sulfide) groups is 1. The van der Waals surface area contributed by atoms with E-state index in [1.807, 2.05) is 11.8 Å². The molecule has 1 aliphatic carbocycles. The Hall–Kier alpha value is -0.470. The predicted octanol–water partition coefficient (Wildman–Crippen LogP) is 3.50. The SMILES string of the molecule is CC1C(O)CCC1CC1Cc2ccccc2S1. The maximum atomic E-state index is 9.81. The summed E-state index contributed by atoms with van der Waals surface area (Å²) >= 11 is 2.04. The molecule has 2 heteroatoms. The van der Waals surface area contributed by atoms with E-state index in [-0.39, 0.29) is 6.10 Å². The molecule has 0 bridgehead atoms. The second-order valence-electron chi connectivity index (χ2n) is 5.55. The van der Waals surface area contributed by atoms with Crippen molar-refractivity contribution < 1.29 is 5.11 Å². The predicted molar refractivity (Wildman–Crippen MR) is 72.3 cm³/mol. The van der Waals surface area contributed by atoms with Crippen molar-refractivity contribution in [1.82, 2.24) is 0 Å². The molecule has 1 heterocycles. The summed E-state index contributed by atoms with van der Waals surface area (Å²) in [5.74, 6) is 1.23. The lowest BCUT2D eigenvalue weighted by Crippen LogP contribution is -2.18. The van der Waals surface area contributed by atoms with E-state index in [4.69, 9.17) is 0 Å². The van der Waals surface area contributed by atoms with E-state index in [9.17, 15) is 5.11 Å². The van der Waals surface area contributed by atoms with Crippen LogP contribution in [-0.4, -0.2) is 16.5 Å². The molecule has 2 aliphatic rings. The van der Waals surface area contributed by atoms with Crippen LogP contribution in [0.15, 0.2) is 29.2 Å². The number of benzene rings is 1. The van der Waals surface area contributed by atoms with E-state index in [1.54, 1.807) is 0 Å². The van der Waals surface area contributed by atoms with Crippen LogP contribution in [0, 0.1) is 11.8 Å². The van der Waals surface area contributed by atoms with E-state index in [0.717, 1.165) is 17.6 Å². The Balaban J connectivity index is 1.62. The highest BCUT2D eigenvalue weighted by Crippen LogP contribution is 2.43. The third-order valence-corrected chi connectivity index (χ3v) is 5.81. The number of aliphatic hydroxyl groups is 1. The highest BCUT2D eigenvalue weighted by Gasteiger charge is 2.34. The van der Waals surface area contributed by atoms with Crippen molar-refractivity contribution in [1.29, 1.82) is 0 Å². The molecule has 0 saturated heterocycles. The molecule has 1 nitrogen and oxygen atoms in total. The van der Waals surface area contributed by atoms with Gasteiger partial charge in [0.25, 0.3) is 0 Å². The molecule has 4 unspecified atom stereocenters. The smallest absolute Gasteiger partial charge is 0.0568 e. The lowest BCUT2D eigenvalue weighted by Gasteiger charge is -2.20. The van der Waals surface area contributed by atoms with Gasteiger partial charge in [-0.3, -0.25) is 0 Å². The molecule has 1 saturated carbocycles. The Morgan fingerprint density at radius 2 is 2.12 bits per heavy atom. The first kappa shape index (κ1) is 11.6. The Morgan fingerprint density at radius 1 is 1.29 bits per heavy atom. The molecular formula is C15H20OS. The van der Waals surface area contributed by atoms with Gasteiger partial charge in [0.15, 0.2) is 0 Å². The highest BCUT2D eigenvalue weighted by molar-refractivity contribution is 8.00. The molecule has 1 aromatic carbocycles. The Kier molecular flexibility index (Phi) is 3.18. The molecule has 1 aromatic rings. The van der Waals surface area contributed by atoms with Gasteiger partial charge in [-0.25, -0.2) is 0 Å². The molecule has 1 aliphatic heterocycles. The molecule has 17 heavy (non-hydrogen) atoms. The molecular weight excluding hydrogens is 228 g/mol. The molecule has 1 fully saturated rings. The number of rotatable bonds is 2. The maximum absolute atomic E-state index is 9.81. The minimum absolute atomic E-state index is 0.0474. The van der Waals surface area contributed by atoms with E-state index >= 15 is 0 Å². The molecule has 3 rings (SSSR count). The summed E-state index contributed by atoms with van der Waals surface area (Å²) < 4.78 is 0. The van der Waals surface area contributed by atoms with Crippen LogP contribution < -0.4 is 0 Å². The molecule has 0 spiro atoms. The van der Waals surface area contributed by atoms with Crippen molar-refractivity contribution >= 4 is 11.8 Å². The lowest BCUT2D eigenvalue weighted by molar-refractivity contribution is 0.126. The summed E-state index contributed by atoms with van der Waals surface area (Å²) in [6.07, 6.45) is 4.68. The summed E-state index contributed by atoms with van der Waals surface area (Å²) in [6, 6.07) is 8.78. The minimum Gasteiger partial charge on any atom is -0.393 e. The second kappa shape index (κ2) is 4.66. The number of aliphatic hydroxyl groups excluding tert-OH is 1. The minimum atomic E-state index is -0.0474. The second-order valence-corrected chi connectivity index (χ2v) is 6.89. The standard InChI is InChI=1S/C15H20OS/c1-10-11(6-7-14(10)16)8-13-9-12-4-2-3-5-15(12)17-13/h2-5,10-11,13-14,16H,6-9H2,1H3. The average molecular weight is 248 g/mol. The molecule has 0 aromatic heterocycles. The fourth-order valence-electron chi connectivity index (χ4n) is 3.28. The third-order valence-electron chi connectivity index (χ3n) is 4.46. The Labute approximate surface area is 108 Å². The normalized spacial score (nSPS) is 36.1. The van der Waals surface area contributed by atoms with Gasteiger partial charge in [-0.1, -0.05) is 25.1 Å². The van der Waals surface area contributed by atoms with E-state index in [2.05, 4.69) is 31.2 Å².